The van der Waals surface area contributed by atoms with Crippen LogP contribution in [0.3, 0.4) is 0 Å². The molecule has 4 rings (SSSR count). The van der Waals surface area contributed by atoms with Gasteiger partial charge in [-0.25, -0.2) is 9.97 Å². The van der Waals surface area contributed by atoms with Crippen LogP contribution in [0.4, 0.5) is 0 Å². The van der Waals surface area contributed by atoms with Crippen LogP contribution in [0, 0.1) is 6.92 Å². The minimum absolute atomic E-state index is 0.0968. The maximum atomic E-state index is 12.7. The van der Waals surface area contributed by atoms with Crippen LogP contribution < -0.4 is 0 Å². The highest BCUT2D eigenvalue weighted by Gasteiger charge is 2.25. The van der Waals surface area contributed by atoms with Crippen molar-refractivity contribution in [3.63, 3.8) is 0 Å². The molecule has 2 heterocycles. The van der Waals surface area contributed by atoms with Crippen molar-refractivity contribution in [1.82, 2.24) is 14.9 Å². The predicted molar refractivity (Wildman–Crippen MR) is 109 cm³/mol. The van der Waals surface area contributed by atoms with E-state index in [2.05, 4.69) is 16.9 Å². The van der Waals surface area contributed by atoms with Gasteiger partial charge in [-0.3, -0.25) is 4.79 Å². The van der Waals surface area contributed by atoms with E-state index in [0.29, 0.717) is 11.6 Å². The molecule has 1 unspecified atom stereocenters. The lowest BCUT2D eigenvalue weighted by Crippen LogP contribution is -2.33. The maximum Gasteiger partial charge on any atom is 0.254 e. The first kappa shape index (κ1) is 18.2. The zero-order valence-corrected chi connectivity index (χ0v) is 16.1. The molecule has 1 amide bonds. The second kappa shape index (κ2) is 7.43. The number of carbonyl (C=O) groups is 1. The molecule has 0 spiro atoms. The highest BCUT2D eigenvalue weighted by Crippen LogP contribution is 2.27. The van der Waals surface area contributed by atoms with Crippen LogP contribution in [-0.4, -0.2) is 38.5 Å². The van der Waals surface area contributed by atoms with Crippen molar-refractivity contribution in [2.45, 2.75) is 32.7 Å². The van der Waals surface area contributed by atoms with E-state index in [0.717, 1.165) is 47.5 Å². The summed E-state index contributed by atoms with van der Waals surface area (Å²) in [6.45, 7) is 4.80. The molecule has 0 saturated carbocycles. The molecule has 2 aromatic carbocycles. The van der Waals surface area contributed by atoms with Crippen LogP contribution >= 0.6 is 0 Å². The molecular formula is C23H23N3O2. The number of hydrogen-bond acceptors (Lipinski definition) is 4. The van der Waals surface area contributed by atoms with Crippen molar-refractivity contribution in [2.75, 3.05) is 6.54 Å². The van der Waals surface area contributed by atoms with E-state index in [1.807, 2.05) is 54.3 Å². The number of hydrogen-bond donors (Lipinski definition) is 1. The van der Waals surface area contributed by atoms with Gasteiger partial charge in [0.05, 0.1) is 11.4 Å². The molecule has 1 aromatic heterocycles. The van der Waals surface area contributed by atoms with Gasteiger partial charge in [0.2, 0.25) is 0 Å². The second-order valence-electron chi connectivity index (χ2n) is 7.36. The third kappa shape index (κ3) is 3.48. The van der Waals surface area contributed by atoms with Crippen LogP contribution in [0.1, 0.15) is 35.7 Å². The molecule has 142 valence electrons. The van der Waals surface area contributed by atoms with Crippen LogP contribution in [0.2, 0.25) is 0 Å². The van der Waals surface area contributed by atoms with Gasteiger partial charge < -0.3 is 10.0 Å². The summed E-state index contributed by atoms with van der Waals surface area (Å²) in [4.78, 5) is 23.4. The third-order valence-electron chi connectivity index (χ3n) is 5.40. The summed E-state index contributed by atoms with van der Waals surface area (Å²) in [6.07, 6.45) is 3.69. The fraction of sp³-hybridized carbons (Fsp3) is 0.261. The van der Waals surface area contributed by atoms with Gasteiger partial charge in [-0.15, -0.1) is 0 Å². The van der Waals surface area contributed by atoms with Gasteiger partial charge in [0.25, 0.3) is 5.91 Å². The predicted octanol–water partition coefficient (Wildman–Crippen LogP) is 4.45. The zero-order valence-electron chi connectivity index (χ0n) is 16.1. The minimum Gasteiger partial charge on any atom is -0.508 e. The van der Waals surface area contributed by atoms with E-state index >= 15 is 0 Å². The van der Waals surface area contributed by atoms with Gasteiger partial charge in [-0.2, -0.15) is 0 Å². The SMILES string of the molecule is Cc1cc(-c2cc(-c3ccc(C(=O)N4CCCC4C)cc3)ncn2)ccc1O. The van der Waals surface area contributed by atoms with Gasteiger partial charge in [0.1, 0.15) is 12.1 Å². The lowest BCUT2D eigenvalue weighted by Gasteiger charge is -2.21. The van der Waals surface area contributed by atoms with Crippen molar-refractivity contribution in [3.8, 4) is 28.3 Å². The standard InChI is InChI=1S/C23H23N3O2/c1-15-12-19(9-10-22(15)27)21-13-20(24-14-25-21)17-5-7-18(8-6-17)23(28)26-11-3-4-16(26)2/h5-10,12-14,16,27H,3-4,11H2,1-2H3. The molecule has 1 saturated heterocycles. The first-order chi connectivity index (χ1) is 13.5. The summed E-state index contributed by atoms with van der Waals surface area (Å²) in [6, 6.07) is 15.3. The first-order valence-corrected chi connectivity index (χ1v) is 9.56. The Morgan fingerprint density at radius 3 is 2.36 bits per heavy atom. The lowest BCUT2D eigenvalue weighted by molar-refractivity contribution is 0.0747. The number of likely N-dealkylation sites (tertiary alicyclic amines) is 1. The number of amides is 1. The number of aromatic hydroxyl groups is 1. The van der Waals surface area contributed by atoms with Crippen molar-refractivity contribution < 1.29 is 9.90 Å². The van der Waals surface area contributed by atoms with E-state index in [1.165, 1.54) is 6.33 Å². The van der Waals surface area contributed by atoms with E-state index in [-0.39, 0.29) is 11.7 Å². The largest absolute Gasteiger partial charge is 0.508 e. The molecule has 1 fully saturated rings. The Bertz CT molecular complexity index is 1010. The number of aromatic nitrogens is 2. The highest BCUT2D eigenvalue weighted by atomic mass is 16.3. The van der Waals surface area contributed by atoms with E-state index in [9.17, 15) is 9.90 Å². The molecule has 1 N–H and O–H groups in total. The molecule has 5 nitrogen and oxygen atoms in total. The average Bonchev–Trinajstić information content (AvgIpc) is 3.15. The Hall–Kier alpha value is -3.21. The van der Waals surface area contributed by atoms with Crippen molar-refractivity contribution in [2.24, 2.45) is 0 Å². The Balaban J connectivity index is 1.59. The topological polar surface area (TPSA) is 66.3 Å². The molecule has 5 heteroatoms. The van der Waals surface area contributed by atoms with Crippen molar-refractivity contribution in [3.05, 3.63) is 66.0 Å². The van der Waals surface area contributed by atoms with Gasteiger partial charge >= 0.3 is 0 Å². The van der Waals surface area contributed by atoms with Gasteiger partial charge in [0, 0.05) is 29.3 Å². The normalized spacial score (nSPS) is 16.4. The monoisotopic (exact) mass is 373 g/mol. The number of phenols is 1. The number of phenolic OH excluding ortho intramolecular Hbond substituents is 1. The average molecular weight is 373 g/mol. The van der Waals surface area contributed by atoms with E-state index in [4.69, 9.17) is 0 Å². The fourth-order valence-corrected chi connectivity index (χ4v) is 3.67. The quantitative estimate of drug-likeness (QED) is 0.737. The summed E-state index contributed by atoms with van der Waals surface area (Å²) in [7, 11) is 0. The number of carbonyl (C=O) groups excluding carboxylic acids is 1. The number of rotatable bonds is 3. The molecule has 1 atom stereocenters. The van der Waals surface area contributed by atoms with Crippen LogP contribution in [0.25, 0.3) is 22.5 Å². The van der Waals surface area contributed by atoms with Gasteiger partial charge in [0.15, 0.2) is 0 Å². The number of aryl methyl sites for hydroxylation is 1. The summed E-state index contributed by atoms with van der Waals surface area (Å²) < 4.78 is 0. The Morgan fingerprint density at radius 2 is 1.71 bits per heavy atom. The molecule has 28 heavy (non-hydrogen) atoms. The second-order valence-corrected chi connectivity index (χ2v) is 7.36. The van der Waals surface area contributed by atoms with Crippen LogP contribution in [0.5, 0.6) is 5.75 Å². The van der Waals surface area contributed by atoms with Crippen molar-refractivity contribution >= 4 is 5.91 Å². The van der Waals surface area contributed by atoms with Crippen molar-refractivity contribution in [1.29, 1.82) is 0 Å². The molecule has 0 bridgehead atoms. The molecule has 0 aliphatic carbocycles. The zero-order chi connectivity index (χ0) is 19.7. The summed E-state index contributed by atoms with van der Waals surface area (Å²) >= 11 is 0. The summed E-state index contributed by atoms with van der Waals surface area (Å²) in [5, 5.41) is 9.73. The molecule has 3 aromatic rings. The first-order valence-electron chi connectivity index (χ1n) is 9.56. The molecule has 1 aliphatic rings. The maximum absolute atomic E-state index is 12.7. The molecule has 0 radical (unpaired) electrons. The van der Waals surface area contributed by atoms with E-state index < -0.39 is 0 Å². The van der Waals surface area contributed by atoms with Crippen LogP contribution in [0.15, 0.2) is 54.9 Å². The summed E-state index contributed by atoms with van der Waals surface area (Å²) in [5.74, 6) is 0.366. The van der Waals surface area contributed by atoms with Gasteiger partial charge in [-0.05, 0) is 68.7 Å². The van der Waals surface area contributed by atoms with Gasteiger partial charge in [-0.1, -0.05) is 12.1 Å². The summed E-state index contributed by atoms with van der Waals surface area (Å²) in [5.41, 5.74) is 4.96. The number of nitrogens with zero attached hydrogens (tertiary/aromatic N) is 3. The Morgan fingerprint density at radius 1 is 1.04 bits per heavy atom. The Labute approximate surface area is 164 Å². The van der Waals surface area contributed by atoms with E-state index in [1.54, 1.807) is 6.07 Å². The third-order valence-corrected chi connectivity index (χ3v) is 5.40. The fourth-order valence-electron chi connectivity index (χ4n) is 3.67. The molecule has 1 aliphatic heterocycles. The van der Waals surface area contributed by atoms with Crippen LogP contribution in [-0.2, 0) is 0 Å². The lowest BCUT2D eigenvalue weighted by atomic mass is 10.0. The Kier molecular flexibility index (Phi) is 4.82. The number of benzene rings is 2. The smallest absolute Gasteiger partial charge is 0.254 e. The minimum atomic E-state index is 0.0968. The highest BCUT2D eigenvalue weighted by molar-refractivity contribution is 5.95. The molecular weight excluding hydrogens is 350 g/mol.